The highest BCUT2D eigenvalue weighted by Gasteiger charge is 2.25. The predicted molar refractivity (Wildman–Crippen MR) is 102 cm³/mol. The standard InChI is InChI=1S/C20H21F2N3O3/c1-2-28-19(26)14-6-3-4-9-17(14)23-20(27)25-12-10-24(11-13-25)18-15(21)7-5-8-16(18)22/h3-9H,2,10-13H2,1H3,(H,23,27). The molecule has 1 aliphatic heterocycles. The first-order valence-corrected chi connectivity index (χ1v) is 9.02. The number of para-hydroxylation sites is 2. The molecule has 2 aromatic carbocycles. The van der Waals surface area contributed by atoms with E-state index in [1.54, 1.807) is 36.1 Å². The van der Waals surface area contributed by atoms with E-state index >= 15 is 0 Å². The fourth-order valence-electron chi connectivity index (χ4n) is 3.10. The largest absolute Gasteiger partial charge is 0.462 e. The number of urea groups is 1. The molecular weight excluding hydrogens is 368 g/mol. The summed E-state index contributed by atoms with van der Waals surface area (Å²) in [6.07, 6.45) is 0. The third-order valence-electron chi connectivity index (χ3n) is 4.48. The van der Waals surface area contributed by atoms with Crippen LogP contribution in [-0.2, 0) is 4.74 Å². The summed E-state index contributed by atoms with van der Waals surface area (Å²) in [7, 11) is 0. The lowest BCUT2D eigenvalue weighted by Gasteiger charge is -2.36. The van der Waals surface area contributed by atoms with Crippen LogP contribution >= 0.6 is 0 Å². The minimum atomic E-state index is -0.624. The Morgan fingerprint density at radius 3 is 2.29 bits per heavy atom. The summed E-state index contributed by atoms with van der Waals surface area (Å²) < 4.78 is 32.9. The number of carbonyl (C=O) groups is 2. The van der Waals surface area contributed by atoms with Crippen molar-refractivity contribution >= 4 is 23.4 Å². The minimum Gasteiger partial charge on any atom is -0.462 e. The number of ether oxygens (including phenoxy) is 1. The van der Waals surface area contributed by atoms with E-state index in [0.29, 0.717) is 31.9 Å². The second kappa shape index (κ2) is 8.69. The third kappa shape index (κ3) is 4.21. The van der Waals surface area contributed by atoms with E-state index in [2.05, 4.69) is 5.32 Å². The number of amides is 2. The van der Waals surface area contributed by atoms with E-state index in [1.807, 2.05) is 0 Å². The number of rotatable bonds is 4. The van der Waals surface area contributed by atoms with Crippen molar-refractivity contribution in [3.05, 3.63) is 59.7 Å². The van der Waals surface area contributed by atoms with E-state index in [1.165, 1.54) is 23.1 Å². The van der Waals surface area contributed by atoms with Gasteiger partial charge in [-0.25, -0.2) is 18.4 Å². The van der Waals surface area contributed by atoms with Crippen LogP contribution in [0.1, 0.15) is 17.3 Å². The Hall–Kier alpha value is -3.16. The zero-order chi connectivity index (χ0) is 20.1. The number of hydrogen-bond acceptors (Lipinski definition) is 4. The zero-order valence-corrected chi connectivity index (χ0v) is 15.5. The fraction of sp³-hybridized carbons (Fsp3) is 0.300. The maximum atomic E-state index is 13.9. The molecule has 0 bridgehead atoms. The summed E-state index contributed by atoms with van der Waals surface area (Å²) in [6, 6.07) is 9.94. The average Bonchev–Trinajstić information content (AvgIpc) is 2.69. The van der Waals surface area contributed by atoms with E-state index in [0.717, 1.165) is 0 Å². The van der Waals surface area contributed by atoms with Crippen molar-refractivity contribution in [2.75, 3.05) is 43.0 Å². The van der Waals surface area contributed by atoms with Crippen LogP contribution in [0.2, 0.25) is 0 Å². The summed E-state index contributed by atoms with van der Waals surface area (Å²) in [5.41, 5.74) is 0.550. The van der Waals surface area contributed by atoms with E-state index < -0.39 is 17.6 Å². The van der Waals surface area contributed by atoms with Gasteiger partial charge in [-0.3, -0.25) is 0 Å². The number of esters is 1. The highest BCUT2D eigenvalue weighted by molar-refractivity contribution is 6.00. The first-order chi connectivity index (χ1) is 13.5. The Morgan fingerprint density at radius 1 is 1.00 bits per heavy atom. The van der Waals surface area contributed by atoms with Gasteiger partial charge in [-0.2, -0.15) is 0 Å². The van der Waals surface area contributed by atoms with Crippen molar-refractivity contribution in [2.45, 2.75) is 6.92 Å². The predicted octanol–water partition coefficient (Wildman–Crippen LogP) is 3.50. The van der Waals surface area contributed by atoms with Crippen molar-refractivity contribution in [1.29, 1.82) is 0 Å². The number of nitrogens with zero attached hydrogens (tertiary/aromatic N) is 2. The number of benzene rings is 2. The highest BCUT2D eigenvalue weighted by atomic mass is 19.1. The zero-order valence-electron chi connectivity index (χ0n) is 15.5. The van der Waals surface area contributed by atoms with Crippen LogP contribution in [0, 0.1) is 11.6 Å². The van der Waals surface area contributed by atoms with Crippen LogP contribution in [0.4, 0.5) is 25.0 Å². The molecule has 3 rings (SSSR count). The first-order valence-electron chi connectivity index (χ1n) is 9.02. The van der Waals surface area contributed by atoms with Crippen LogP contribution in [0.3, 0.4) is 0 Å². The first kappa shape index (κ1) is 19.6. The van der Waals surface area contributed by atoms with Crippen molar-refractivity contribution in [2.24, 2.45) is 0 Å². The molecule has 0 aromatic heterocycles. The van der Waals surface area contributed by atoms with Gasteiger partial charge in [0.1, 0.15) is 17.3 Å². The molecule has 148 valence electrons. The highest BCUT2D eigenvalue weighted by Crippen LogP contribution is 2.24. The van der Waals surface area contributed by atoms with Gasteiger partial charge in [0.25, 0.3) is 0 Å². The van der Waals surface area contributed by atoms with Crippen LogP contribution in [-0.4, -0.2) is 49.7 Å². The molecular formula is C20H21F2N3O3. The lowest BCUT2D eigenvalue weighted by molar-refractivity contribution is 0.0527. The third-order valence-corrected chi connectivity index (χ3v) is 4.48. The van der Waals surface area contributed by atoms with Crippen LogP contribution in [0.25, 0.3) is 0 Å². The van der Waals surface area contributed by atoms with Crippen molar-refractivity contribution in [3.63, 3.8) is 0 Å². The number of anilines is 2. The number of hydrogen-bond donors (Lipinski definition) is 1. The van der Waals surface area contributed by atoms with Crippen molar-refractivity contribution in [3.8, 4) is 0 Å². The van der Waals surface area contributed by atoms with Gasteiger partial charge in [-0.05, 0) is 31.2 Å². The van der Waals surface area contributed by atoms with Gasteiger partial charge < -0.3 is 19.9 Å². The maximum Gasteiger partial charge on any atom is 0.340 e. The molecule has 1 saturated heterocycles. The number of halogens is 2. The molecule has 0 aliphatic carbocycles. The van der Waals surface area contributed by atoms with Gasteiger partial charge in [0.2, 0.25) is 0 Å². The number of nitrogens with one attached hydrogen (secondary N) is 1. The molecule has 2 amide bonds. The Kier molecular flexibility index (Phi) is 6.08. The van der Waals surface area contributed by atoms with Gasteiger partial charge >= 0.3 is 12.0 Å². The summed E-state index contributed by atoms with van der Waals surface area (Å²) in [6.45, 7) is 3.12. The van der Waals surface area contributed by atoms with Crippen LogP contribution in [0.15, 0.2) is 42.5 Å². The van der Waals surface area contributed by atoms with Gasteiger partial charge in [-0.15, -0.1) is 0 Å². The normalized spacial score (nSPS) is 14.0. The quantitative estimate of drug-likeness (QED) is 0.813. The maximum absolute atomic E-state index is 13.9. The van der Waals surface area contributed by atoms with Gasteiger partial charge in [0.05, 0.1) is 17.9 Å². The Balaban J connectivity index is 1.64. The van der Waals surface area contributed by atoms with Crippen LogP contribution in [0.5, 0.6) is 0 Å². The fourth-order valence-corrected chi connectivity index (χ4v) is 3.10. The molecule has 1 N–H and O–H groups in total. The second-order valence-electron chi connectivity index (χ2n) is 6.24. The molecule has 0 radical (unpaired) electrons. The van der Waals surface area contributed by atoms with Gasteiger partial charge in [0.15, 0.2) is 0 Å². The Morgan fingerprint density at radius 2 is 1.64 bits per heavy atom. The summed E-state index contributed by atoms with van der Waals surface area (Å²) in [4.78, 5) is 27.7. The Bertz CT molecular complexity index is 847. The van der Waals surface area contributed by atoms with E-state index in [-0.39, 0.29) is 23.9 Å². The molecule has 1 aliphatic rings. The van der Waals surface area contributed by atoms with Crippen LogP contribution < -0.4 is 10.2 Å². The SMILES string of the molecule is CCOC(=O)c1ccccc1NC(=O)N1CCN(c2c(F)cccc2F)CC1. The molecule has 28 heavy (non-hydrogen) atoms. The van der Waals surface area contributed by atoms with E-state index in [4.69, 9.17) is 4.74 Å². The molecule has 0 atom stereocenters. The average molecular weight is 389 g/mol. The monoisotopic (exact) mass is 389 g/mol. The molecule has 8 heteroatoms. The molecule has 0 unspecified atom stereocenters. The van der Waals surface area contributed by atoms with Crippen molar-refractivity contribution in [1.82, 2.24) is 4.90 Å². The van der Waals surface area contributed by atoms with Gasteiger partial charge in [0, 0.05) is 26.2 Å². The number of carbonyl (C=O) groups excluding carboxylic acids is 2. The van der Waals surface area contributed by atoms with Gasteiger partial charge in [-0.1, -0.05) is 18.2 Å². The Labute approximate surface area is 161 Å². The molecule has 2 aromatic rings. The minimum absolute atomic E-state index is 0.0739. The molecule has 0 spiro atoms. The van der Waals surface area contributed by atoms with Crippen molar-refractivity contribution < 1.29 is 23.1 Å². The summed E-state index contributed by atoms with van der Waals surface area (Å²) >= 11 is 0. The lowest BCUT2D eigenvalue weighted by atomic mass is 10.2. The molecule has 1 heterocycles. The number of piperazine rings is 1. The summed E-state index contributed by atoms with van der Waals surface area (Å²) in [5, 5.41) is 2.72. The summed E-state index contributed by atoms with van der Waals surface area (Å²) in [5.74, 6) is -1.76. The molecule has 6 nitrogen and oxygen atoms in total. The lowest BCUT2D eigenvalue weighted by Crippen LogP contribution is -2.50. The molecule has 1 fully saturated rings. The smallest absolute Gasteiger partial charge is 0.340 e. The van der Waals surface area contributed by atoms with E-state index in [9.17, 15) is 18.4 Å². The second-order valence-corrected chi connectivity index (χ2v) is 6.24. The molecule has 0 saturated carbocycles. The topological polar surface area (TPSA) is 61.9 Å².